The Morgan fingerprint density at radius 1 is 0.917 bits per heavy atom. The van der Waals surface area contributed by atoms with Gasteiger partial charge in [-0.05, 0) is 77.7 Å². The third kappa shape index (κ3) is 4.61. The summed E-state index contributed by atoms with van der Waals surface area (Å²) in [6.07, 6.45) is 3.98. The van der Waals surface area contributed by atoms with Gasteiger partial charge in [-0.15, -0.1) is 0 Å². The summed E-state index contributed by atoms with van der Waals surface area (Å²) in [4.78, 5) is 12.0. The fraction of sp³-hybridized carbons (Fsp3) is 0.281. The molecular weight excluding hydrogens is 446 g/mol. The van der Waals surface area contributed by atoms with E-state index in [0.717, 1.165) is 61.2 Å². The van der Waals surface area contributed by atoms with Crippen molar-refractivity contribution in [1.29, 1.82) is 0 Å². The van der Waals surface area contributed by atoms with Gasteiger partial charge in [0.1, 0.15) is 11.9 Å². The van der Waals surface area contributed by atoms with E-state index in [-0.39, 0.29) is 12.0 Å². The molecule has 0 spiro atoms. The van der Waals surface area contributed by atoms with Crippen molar-refractivity contribution in [3.8, 4) is 5.75 Å². The van der Waals surface area contributed by atoms with E-state index in [4.69, 9.17) is 4.74 Å². The van der Waals surface area contributed by atoms with Crippen molar-refractivity contribution in [2.24, 2.45) is 0 Å². The van der Waals surface area contributed by atoms with Crippen LogP contribution in [0.25, 0.3) is 10.8 Å². The molecule has 4 aromatic rings. The predicted molar refractivity (Wildman–Crippen MR) is 143 cm³/mol. The van der Waals surface area contributed by atoms with E-state index in [0.29, 0.717) is 11.5 Å². The number of para-hydroxylation sites is 1. The van der Waals surface area contributed by atoms with Gasteiger partial charge >= 0.3 is 5.97 Å². The topological polar surface area (TPSA) is 58.6 Å². The Balaban J connectivity index is 1.17. The maximum absolute atomic E-state index is 12.0. The van der Waals surface area contributed by atoms with Crippen LogP contribution in [0.3, 0.4) is 0 Å². The van der Waals surface area contributed by atoms with Crippen LogP contribution in [-0.4, -0.2) is 30.3 Å². The molecule has 2 atom stereocenters. The second-order valence-electron chi connectivity index (χ2n) is 10.1. The van der Waals surface area contributed by atoms with E-state index in [1.54, 1.807) is 0 Å². The Morgan fingerprint density at radius 2 is 1.72 bits per heavy atom. The highest BCUT2D eigenvalue weighted by atomic mass is 16.5. The standard InChI is InChI=1S/C32H31NO3/c34-32(35)30-18-24(14-15-27(30)23-12-13-23)29-19-25(36-31-11-4-3-10-28(29)31)20-33-17-16-22-8-5-7-21-6-1-2-9-26(21)22/h1-11,14-15,18,23,25,29,33H,12-13,16-17,19-20H2,(H,34,35). The number of ether oxygens (including phenoxy) is 1. The summed E-state index contributed by atoms with van der Waals surface area (Å²) < 4.78 is 6.38. The van der Waals surface area contributed by atoms with Gasteiger partial charge in [-0.25, -0.2) is 4.79 Å². The molecule has 0 radical (unpaired) electrons. The van der Waals surface area contributed by atoms with Gasteiger partial charge < -0.3 is 15.2 Å². The summed E-state index contributed by atoms with van der Waals surface area (Å²) in [7, 11) is 0. The molecule has 1 fully saturated rings. The van der Waals surface area contributed by atoms with Gasteiger partial charge in [0.2, 0.25) is 0 Å². The highest BCUT2D eigenvalue weighted by molar-refractivity contribution is 5.90. The van der Waals surface area contributed by atoms with E-state index < -0.39 is 5.97 Å². The van der Waals surface area contributed by atoms with Crippen molar-refractivity contribution < 1.29 is 14.6 Å². The molecule has 0 saturated heterocycles. The van der Waals surface area contributed by atoms with E-state index >= 15 is 0 Å². The lowest BCUT2D eigenvalue weighted by Gasteiger charge is -2.33. The van der Waals surface area contributed by atoms with Crippen LogP contribution >= 0.6 is 0 Å². The normalized spacial score (nSPS) is 19.0. The third-order valence-electron chi connectivity index (χ3n) is 7.64. The number of benzene rings is 4. The first-order valence-electron chi connectivity index (χ1n) is 13.0. The van der Waals surface area contributed by atoms with Crippen LogP contribution in [0.1, 0.15) is 63.7 Å². The Bertz CT molecular complexity index is 1400. The molecule has 0 bridgehead atoms. The van der Waals surface area contributed by atoms with Crippen molar-refractivity contribution >= 4 is 16.7 Å². The highest BCUT2D eigenvalue weighted by Crippen LogP contribution is 2.44. The molecule has 1 aliphatic carbocycles. The first kappa shape index (κ1) is 22.8. The zero-order valence-electron chi connectivity index (χ0n) is 20.3. The zero-order chi connectivity index (χ0) is 24.5. The number of carboxylic acid groups (broad SMARTS) is 1. The smallest absolute Gasteiger partial charge is 0.335 e. The van der Waals surface area contributed by atoms with Gasteiger partial charge in [0.15, 0.2) is 0 Å². The summed E-state index contributed by atoms with van der Waals surface area (Å²) in [5.74, 6) is 0.598. The lowest BCUT2D eigenvalue weighted by atomic mass is 9.82. The van der Waals surface area contributed by atoms with E-state index in [9.17, 15) is 9.90 Å². The van der Waals surface area contributed by atoms with Gasteiger partial charge in [0.25, 0.3) is 0 Å². The maximum atomic E-state index is 12.0. The van der Waals surface area contributed by atoms with Crippen LogP contribution in [0, 0.1) is 0 Å². The number of fused-ring (bicyclic) bond motifs is 2. The molecule has 182 valence electrons. The molecular formula is C32H31NO3. The molecule has 4 aromatic carbocycles. The third-order valence-corrected chi connectivity index (χ3v) is 7.64. The number of rotatable bonds is 8. The minimum absolute atomic E-state index is 0.0220. The Labute approximate surface area is 211 Å². The monoisotopic (exact) mass is 477 g/mol. The Kier molecular flexibility index (Phi) is 6.20. The van der Waals surface area contributed by atoms with Crippen LogP contribution in [0.2, 0.25) is 0 Å². The average molecular weight is 478 g/mol. The zero-order valence-corrected chi connectivity index (χ0v) is 20.3. The van der Waals surface area contributed by atoms with E-state index in [1.807, 2.05) is 30.3 Å². The molecule has 2 aliphatic rings. The maximum Gasteiger partial charge on any atom is 0.335 e. The number of carbonyl (C=O) groups is 1. The Hall–Kier alpha value is -3.63. The largest absolute Gasteiger partial charge is 0.489 e. The molecule has 36 heavy (non-hydrogen) atoms. The fourth-order valence-corrected chi connectivity index (χ4v) is 5.66. The highest BCUT2D eigenvalue weighted by Gasteiger charge is 2.32. The summed E-state index contributed by atoms with van der Waals surface area (Å²) in [6, 6.07) is 29.3. The van der Waals surface area contributed by atoms with Crippen LogP contribution < -0.4 is 10.1 Å². The molecule has 1 heterocycles. The van der Waals surface area contributed by atoms with Crippen LogP contribution in [0.4, 0.5) is 0 Å². The summed E-state index contributed by atoms with van der Waals surface area (Å²) in [6.45, 7) is 1.63. The molecule has 2 unspecified atom stereocenters. The first-order chi connectivity index (χ1) is 17.7. The van der Waals surface area contributed by atoms with E-state index in [1.165, 1.54) is 16.3 Å². The van der Waals surface area contributed by atoms with Gasteiger partial charge in [0.05, 0.1) is 5.56 Å². The van der Waals surface area contributed by atoms with Crippen molar-refractivity contribution in [2.75, 3.05) is 13.1 Å². The van der Waals surface area contributed by atoms with Crippen LogP contribution in [-0.2, 0) is 6.42 Å². The van der Waals surface area contributed by atoms with Crippen molar-refractivity contribution in [3.05, 3.63) is 113 Å². The molecule has 0 aromatic heterocycles. The molecule has 6 rings (SSSR count). The molecule has 0 amide bonds. The number of carboxylic acids is 1. The number of nitrogens with one attached hydrogen (secondary N) is 1. The molecule has 1 saturated carbocycles. The lowest BCUT2D eigenvalue weighted by Crippen LogP contribution is -2.36. The van der Waals surface area contributed by atoms with Gasteiger partial charge in [0, 0.05) is 18.0 Å². The quantitative estimate of drug-likeness (QED) is 0.283. The fourth-order valence-electron chi connectivity index (χ4n) is 5.66. The minimum Gasteiger partial charge on any atom is -0.489 e. The number of hydrogen-bond acceptors (Lipinski definition) is 3. The minimum atomic E-state index is -0.828. The van der Waals surface area contributed by atoms with Crippen molar-refractivity contribution in [3.63, 3.8) is 0 Å². The number of aromatic carboxylic acids is 1. The van der Waals surface area contributed by atoms with Crippen molar-refractivity contribution in [2.45, 2.75) is 43.6 Å². The second kappa shape index (κ2) is 9.79. The second-order valence-corrected chi connectivity index (χ2v) is 10.1. The first-order valence-corrected chi connectivity index (χ1v) is 13.0. The molecule has 4 heteroatoms. The SMILES string of the molecule is O=C(O)c1cc(C2CC(CNCCc3cccc4ccccc34)Oc3ccccc32)ccc1C1CC1. The van der Waals surface area contributed by atoms with Gasteiger partial charge in [-0.3, -0.25) is 0 Å². The summed E-state index contributed by atoms with van der Waals surface area (Å²) >= 11 is 0. The molecule has 4 nitrogen and oxygen atoms in total. The summed E-state index contributed by atoms with van der Waals surface area (Å²) in [5, 5.41) is 16.1. The number of hydrogen-bond donors (Lipinski definition) is 2. The average Bonchev–Trinajstić information content (AvgIpc) is 3.76. The molecule has 2 N–H and O–H groups in total. The van der Waals surface area contributed by atoms with E-state index in [2.05, 4.69) is 59.9 Å². The van der Waals surface area contributed by atoms with Crippen LogP contribution in [0.5, 0.6) is 5.75 Å². The van der Waals surface area contributed by atoms with Crippen LogP contribution in [0.15, 0.2) is 84.9 Å². The summed E-state index contributed by atoms with van der Waals surface area (Å²) in [5.41, 5.74) is 5.00. The van der Waals surface area contributed by atoms with Gasteiger partial charge in [-0.2, -0.15) is 0 Å². The van der Waals surface area contributed by atoms with Crippen molar-refractivity contribution in [1.82, 2.24) is 5.32 Å². The lowest BCUT2D eigenvalue weighted by molar-refractivity contribution is 0.0695. The predicted octanol–water partition coefficient (Wildman–Crippen LogP) is 6.53. The molecule has 1 aliphatic heterocycles. The Morgan fingerprint density at radius 3 is 2.58 bits per heavy atom. The van der Waals surface area contributed by atoms with Gasteiger partial charge in [-0.1, -0.05) is 72.8 Å².